The summed E-state index contributed by atoms with van der Waals surface area (Å²) >= 11 is 0. The van der Waals surface area contributed by atoms with E-state index in [0.717, 1.165) is 17.7 Å². The number of rotatable bonds is 9. The van der Waals surface area contributed by atoms with E-state index in [1.165, 1.54) is 12.8 Å². The van der Waals surface area contributed by atoms with Crippen LogP contribution in [0.25, 0.3) is 0 Å². The Morgan fingerprint density at radius 2 is 2.00 bits per heavy atom. The molecule has 2 atom stereocenters. The normalized spacial score (nSPS) is 19.6. The van der Waals surface area contributed by atoms with Gasteiger partial charge in [-0.05, 0) is 49.3 Å². The van der Waals surface area contributed by atoms with E-state index in [1.807, 2.05) is 29.2 Å². The predicted molar refractivity (Wildman–Crippen MR) is 114 cm³/mol. The maximum Gasteiger partial charge on any atom is 0.207 e. The largest absolute Gasteiger partial charge is 0.490 e. The second kappa shape index (κ2) is 9.02. The van der Waals surface area contributed by atoms with Gasteiger partial charge in [-0.2, -0.15) is 4.39 Å². The number of pyridine rings is 1. The Morgan fingerprint density at radius 3 is 2.70 bits per heavy atom. The lowest BCUT2D eigenvalue weighted by molar-refractivity contribution is -0.117. The van der Waals surface area contributed by atoms with Crippen LogP contribution in [0.15, 0.2) is 36.5 Å². The van der Waals surface area contributed by atoms with Crippen molar-refractivity contribution >= 4 is 11.6 Å². The van der Waals surface area contributed by atoms with Gasteiger partial charge in [-0.3, -0.25) is 0 Å². The van der Waals surface area contributed by atoms with E-state index in [-0.39, 0.29) is 29.4 Å². The number of carbonyl (C=O) groups is 1. The average molecular weight is 413 g/mol. The third kappa shape index (κ3) is 5.10. The van der Waals surface area contributed by atoms with Crippen molar-refractivity contribution in [1.82, 2.24) is 4.98 Å². The molecule has 0 N–H and O–H groups in total. The molecule has 1 aromatic carbocycles. The molecule has 5 nitrogen and oxygen atoms in total. The van der Waals surface area contributed by atoms with Crippen LogP contribution < -0.4 is 14.4 Å². The molecule has 1 saturated heterocycles. The summed E-state index contributed by atoms with van der Waals surface area (Å²) < 4.78 is 26.6. The van der Waals surface area contributed by atoms with Crippen molar-refractivity contribution in [3.05, 3.63) is 47.9 Å². The molecule has 4 rings (SSSR count). The first kappa shape index (κ1) is 20.6. The minimum absolute atomic E-state index is 0.0252. The maximum absolute atomic E-state index is 14.9. The van der Waals surface area contributed by atoms with Gasteiger partial charge < -0.3 is 19.2 Å². The fourth-order valence-corrected chi connectivity index (χ4v) is 3.87. The second-order valence-electron chi connectivity index (χ2n) is 8.55. The third-order valence-corrected chi connectivity index (χ3v) is 5.80. The van der Waals surface area contributed by atoms with E-state index < -0.39 is 0 Å². The van der Waals surface area contributed by atoms with Crippen LogP contribution in [0.4, 0.5) is 10.2 Å². The molecule has 2 aliphatic rings. The molecule has 0 spiro atoms. The van der Waals surface area contributed by atoms with Crippen LogP contribution >= 0.6 is 0 Å². The van der Waals surface area contributed by atoms with Gasteiger partial charge in [0.15, 0.2) is 11.6 Å². The Morgan fingerprint density at radius 1 is 1.23 bits per heavy atom. The number of halogens is 1. The molecule has 160 valence electrons. The van der Waals surface area contributed by atoms with Crippen LogP contribution in [-0.4, -0.2) is 36.6 Å². The Balaban J connectivity index is 1.34. The second-order valence-corrected chi connectivity index (χ2v) is 8.55. The molecule has 0 bridgehead atoms. The minimum atomic E-state index is -0.386. The number of hydrogen-bond acceptors (Lipinski definition) is 5. The predicted octanol–water partition coefficient (Wildman–Crippen LogP) is 4.75. The summed E-state index contributed by atoms with van der Waals surface area (Å²) in [6.07, 6.45) is 5.26. The van der Waals surface area contributed by atoms with Gasteiger partial charge in [-0.15, -0.1) is 0 Å². The third-order valence-electron chi connectivity index (χ3n) is 5.80. The van der Waals surface area contributed by atoms with Gasteiger partial charge in [0.2, 0.25) is 5.82 Å². The fraction of sp³-hybridized carbons (Fsp3) is 0.500. The van der Waals surface area contributed by atoms with Crippen molar-refractivity contribution in [3.8, 4) is 11.5 Å². The summed E-state index contributed by atoms with van der Waals surface area (Å²) in [6, 6.07) is 9.51. The topological polar surface area (TPSA) is 51.7 Å². The van der Waals surface area contributed by atoms with Crippen LogP contribution in [0.3, 0.4) is 0 Å². The lowest BCUT2D eigenvalue weighted by Crippen LogP contribution is -2.26. The molecule has 1 saturated carbocycles. The Kier molecular flexibility index (Phi) is 6.21. The highest BCUT2D eigenvalue weighted by atomic mass is 19.1. The lowest BCUT2D eigenvalue weighted by atomic mass is 9.96. The van der Waals surface area contributed by atoms with Gasteiger partial charge >= 0.3 is 0 Å². The number of hydrogen-bond donors (Lipinski definition) is 0. The maximum atomic E-state index is 14.9. The number of ketones is 1. The summed E-state index contributed by atoms with van der Waals surface area (Å²) in [5.74, 6) is 1.98. The summed E-state index contributed by atoms with van der Waals surface area (Å²) in [7, 11) is 0. The number of ether oxygens (including phenoxy) is 2. The van der Waals surface area contributed by atoms with Crippen molar-refractivity contribution in [2.45, 2.75) is 51.6 Å². The molecule has 1 aromatic heterocycles. The first-order valence-corrected chi connectivity index (χ1v) is 10.8. The van der Waals surface area contributed by atoms with Crippen LogP contribution in [0.5, 0.6) is 11.5 Å². The number of anilines is 1. The molecule has 1 aliphatic heterocycles. The van der Waals surface area contributed by atoms with Crippen molar-refractivity contribution in [2.24, 2.45) is 5.92 Å². The first-order valence-electron chi connectivity index (χ1n) is 10.8. The molecule has 0 amide bonds. The molecule has 2 aromatic rings. The van der Waals surface area contributed by atoms with E-state index in [2.05, 4.69) is 11.9 Å². The van der Waals surface area contributed by atoms with Gasteiger partial charge in [0, 0.05) is 31.6 Å². The highest BCUT2D eigenvalue weighted by Crippen LogP contribution is 2.33. The molecule has 6 heteroatoms. The van der Waals surface area contributed by atoms with E-state index in [1.54, 1.807) is 19.2 Å². The number of aromatic nitrogens is 1. The monoisotopic (exact) mass is 412 g/mol. The van der Waals surface area contributed by atoms with Crippen molar-refractivity contribution in [1.29, 1.82) is 0 Å². The van der Waals surface area contributed by atoms with Crippen LogP contribution in [0.1, 0.15) is 51.0 Å². The average Bonchev–Trinajstić information content (AvgIpc) is 3.44. The zero-order valence-corrected chi connectivity index (χ0v) is 17.6. The summed E-state index contributed by atoms with van der Waals surface area (Å²) in [5, 5.41) is 0. The number of carbonyl (C=O) groups excluding carboxylic acids is 1. The van der Waals surface area contributed by atoms with Gasteiger partial charge in [0.25, 0.3) is 0 Å². The summed E-state index contributed by atoms with van der Waals surface area (Å²) in [5.41, 5.74) is 1.12. The van der Waals surface area contributed by atoms with E-state index in [4.69, 9.17) is 9.47 Å². The van der Waals surface area contributed by atoms with Gasteiger partial charge in [-0.1, -0.05) is 19.1 Å². The highest BCUT2D eigenvalue weighted by molar-refractivity contribution is 5.76. The standard InChI is InChI=1S/C24H29FN2O3/c1-16(13-17(2)28)19-5-7-20(8-6-19)30-21-10-12-27(14-21)24-23(25)22(9-11-26-24)29-15-18-3-4-18/h5-9,11,16,18,21H,3-4,10,12-15H2,1-2H3/t16-,21-/m1/s1. The number of benzene rings is 1. The molecular formula is C24H29FN2O3. The van der Waals surface area contributed by atoms with Crippen molar-refractivity contribution in [3.63, 3.8) is 0 Å². The van der Waals surface area contributed by atoms with Gasteiger partial charge in [0.05, 0.1) is 13.2 Å². The van der Waals surface area contributed by atoms with E-state index in [9.17, 15) is 9.18 Å². The summed E-state index contributed by atoms with van der Waals surface area (Å²) in [4.78, 5) is 17.5. The SMILES string of the molecule is CC(=O)C[C@@H](C)c1ccc(O[C@@H]2CCN(c3nccc(OCC4CC4)c3F)C2)cc1. The minimum Gasteiger partial charge on any atom is -0.490 e. The van der Waals surface area contributed by atoms with Crippen molar-refractivity contribution < 1.29 is 18.7 Å². The molecule has 0 radical (unpaired) electrons. The lowest BCUT2D eigenvalue weighted by Gasteiger charge is -2.20. The fourth-order valence-electron chi connectivity index (χ4n) is 3.87. The van der Waals surface area contributed by atoms with Crippen LogP contribution in [-0.2, 0) is 4.79 Å². The van der Waals surface area contributed by atoms with Gasteiger partial charge in [-0.25, -0.2) is 4.98 Å². The Labute approximate surface area is 177 Å². The number of Topliss-reactive ketones (excluding diaryl/α,β-unsaturated/α-hetero) is 1. The molecule has 30 heavy (non-hydrogen) atoms. The first-order chi connectivity index (χ1) is 14.5. The van der Waals surface area contributed by atoms with E-state index in [0.29, 0.717) is 37.9 Å². The zero-order chi connectivity index (χ0) is 21.1. The zero-order valence-electron chi connectivity index (χ0n) is 17.6. The molecule has 2 heterocycles. The molecule has 1 aliphatic carbocycles. The van der Waals surface area contributed by atoms with Crippen LogP contribution in [0, 0.1) is 11.7 Å². The Bertz CT molecular complexity index is 883. The quantitative estimate of drug-likeness (QED) is 0.595. The summed E-state index contributed by atoms with van der Waals surface area (Å²) in [6.45, 7) is 5.52. The van der Waals surface area contributed by atoms with E-state index >= 15 is 0 Å². The molecular weight excluding hydrogens is 383 g/mol. The molecule has 0 unspecified atom stereocenters. The van der Waals surface area contributed by atoms with Gasteiger partial charge in [0.1, 0.15) is 17.6 Å². The van der Waals surface area contributed by atoms with Crippen LogP contribution in [0.2, 0.25) is 0 Å². The number of nitrogens with zero attached hydrogens (tertiary/aromatic N) is 2. The Hall–Kier alpha value is -2.63. The van der Waals surface area contributed by atoms with Crippen molar-refractivity contribution in [2.75, 3.05) is 24.6 Å². The smallest absolute Gasteiger partial charge is 0.207 e. The highest BCUT2D eigenvalue weighted by Gasteiger charge is 2.29. The molecule has 2 fully saturated rings.